The molecule has 3 atom stereocenters. The quantitative estimate of drug-likeness (QED) is 0.589. The zero-order valence-electron chi connectivity index (χ0n) is 15.8. The molecule has 0 N–H and O–H groups in total. The van der Waals surface area contributed by atoms with E-state index in [0.717, 1.165) is 31.2 Å². The molecular weight excluding hydrogens is 354 g/mol. The molecule has 144 valence electrons. The molecule has 2 fully saturated rings. The molecule has 2 aliphatic rings. The normalized spacial score (nSPS) is 22.7. The Balaban J connectivity index is 1.54. The summed E-state index contributed by atoms with van der Waals surface area (Å²) in [5.41, 5.74) is 1.68. The maximum absolute atomic E-state index is 12.8. The van der Waals surface area contributed by atoms with Gasteiger partial charge in [-0.05, 0) is 43.5 Å². The summed E-state index contributed by atoms with van der Waals surface area (Å²) in [5.74, 6) is -1.18. The van der Waals surface area contributed by atoms with Crippen molar-refractivity contribution in [1.82, 2.24) is 0 Å². The van der Waals surface area contributed by atoms with Gasteiger partial charge in [0, 0.05) is 0 Å². The number of amides is 2. The lowest BCUT2D eigenvalue weighted by Crippen LogP contribution is -2.31. The van der Waals surface area contributed by atoms with E-state index in [1.165, 1.54) is 4.90 Å². The van der Waals surface area contributed by atoms with Crippen molar-refractivity contribution in [3.63, 3.8) is 0 Å². The number of nitrogens with zero attached hydrogens (tertiary/aromatic N) is 1. The highest BCUT2D eigenvalue weighted by Crippen LogP contribution is 2.40. The molecule has 1 saturated carbocycles. The summed E-state index contributed by atoms with van der Waals surface area (Å²) in [4.78, 5) is 39.4. The molecule has 1 saturated heterocycles. The highest BCUT2D eigenvalue weighted by Gasteiger charge is 2.48. The van der Waals surface area contributed by atoms with Gasteiger partial charge in [0.1, 0.15) is 6.10 Å². The third-order valence-electron chi connectivity index (χ3n) is 5.73. The molecule has 0 unspecified atom stereocenters. The van der Waals surface area contributed by atoms with Crippen molar-refractivity contribution in [2.75, 3.05) is 4.90 Å². The lowest BCUT2D eigenvalue weighted by Gasteiger charge is -2.19. The Morgan fingerprint density at radius 3 is 2.25 bits per heavy atom. The minimum absolute atomic E-state index is 0.141. The van der Waals surface area contributed by atoms with E-state index in [9.17, 15) is 14.4 Å². The molecule has 1 aliphatic heterocycles. The number of carbonyl (C=O) groups is 3. The Bertz CT molecular complexity index is 884. The average molecular weight is 377 g/mol. The number of esters is 1. The van der Waals surface area contributed by atoms with E-state index in [1.54, 1.807) is 24.3 Å². The van der Waals surface area contributed by atoms with Crippen LogP contribution in [0.5, 0.6) is 0 Å². The predicted octanol–water partition coefficient (Wildman–Crippen LogP) is 4.28. The summed E-state index contributed by atoms with van der Waals surface area (Å²) in [6.45, 7) is 1.81. The van der Waals surface area contributed by atoms with Gasteiger partial charge in [0.05, 0.1) is 23.1 Å². The minimum atomic E-state index is -0.477. The van der Waals surface area contributed by atoms with Gasteiger partial charge in [-0.3, -0.25) is 14.5 Å². The van der Waals surface area contributed by atoms with E-state index in [1.807, 2.05) is 37.3 Å². The monoisotopic (exact) mass is 377 g/mol. The third kappa shape index (κ3) is 3.33. The van der Waals surface area contributed by atoms with Gasteiger partial charge in [0.15, 0.2) is 0 Å². The summed E-state index contributed by atoms with van der Waals surface area (Å²) in [7, 11) is 0. The van der Waals surface area contributed by atoms with Gasteiger partial charge in [0.2, 0.25) is 11.8 Å². The molecule has 0 aromatic heterocycles. The van der Waals surface area contributed by atoms with E-state index >= 15 is 0 Å². The van der Waals surface area contributed by atoms with Crippen LogP contribution in [0.4, 0.5) is 5.69 Å². The molecular formula is C23H23NO4. The highest BCUT2D eigenvalue weighted by molar-refractivity contribution is 6.22. The van der Waals surface area contributed by atoms with Crippen molar-refractivity contribution in [3.05, 3.63) is 65.7 Å². The molecule has 0 spiro atoms. The Hall–Kier alpha value is -2.95. The van der Waals surface area contributed by atoms with Gasteiger partial charge >= 0.3 is 5.97 Å². The maximum Gasteiger partial charge on any atom is 0.338 e. The first-order valence-electron chi connectivity index (χ1n) is 9.80. The van der Waals surface area contributed by atoms with Crippen molar-refractivity contribution in [2.24, 2.45) is 11.8 Å². The lowest BCUT2D eigenvalue weighted by atomic mass is 9.81. The number of ether oxygens (including phenoxy) is 1. The third-order valence-corrected chi connectivity index (χ3v) is 5.73. The molecule has 4 rings (SSSR count). The average Bonchev–Trinajstić information content (AvgIpc) is 2.99. The van der Waals surface area contributed by atoms with E-state index in [2.05, 4.69) is 0 Å². The van der Waals surface area contributed by atoms with Crippen LogP contribution in [0.1, 0.15) is 54.6 Å². The van der Waals surface area contributed by atoms with Gasteiger partial charge in [0.25, 0.3) is 0 Å². The van der Waals surface area contributed by atoms with Gasteiger partial charge < -0.3 is 4.74 Å². The number of hydrogen-bond donors (Lipinski definition) is 0. The Morgan fingerprint density at radius 1 is 0.964 bits per heavy atom. The summed E-state index contributed by atoms with van der Waals surface area (Å²) in [6, 6.07) is 16.1. The molecule has 5 nitrogen and oxygen atoms in total. The van der Waals surface area contributed by atoms with Crippen LogP contribution in [-0.4, -0.2) is 17.8 Å². The van der Waals surface area contributed by atoms with Crippen LogP contribution >= 0.6 is 0 Å². The number of imide groups is 1. The number of carbonyl (C=O) groups excluding carboxylic acids is 3. The summed E-state index contributed by atoms with van der Waals surface area (Å²) < 4.78 is 5.56. The standard InChI is InChI=1S/C23H23NO4/c1-15(16-8-3-2-4-9-16)28-23(27)17-10-7-11-18(14-17)24-21(25)19-12-5-6-13-20(19)22(24)26/h2-4,7-11,14-15,19-20H,5-6,12-13H2,1H3/t15-,19-,20-/m0/s1. The van der Waals surface area contributed by atoms with Crippen molar-refractivity contribution in [3.8, 4) is 0 Å². The van der Waals surface area contributed by atoms with Crippen LogP contribution in [0.3, 0.4) is 0 Å². The SMILES string of the molecule is C[C@H](OC(=O)c1cccc(N2C(=O)[C@H]3CCCC[C@@H]3C2=O)c1)c1ccccc1. The second-order valence-corrected chi connectivity index (χ2v) is 7.52. The van der Waals surface area contributed by atoms with E-state index in [0.29, 0.717) is 11.3 Å². The summed E-state index contributed by atoms with van der Waals surface area (Å²) in [5, 5.41) is 0. The zero-order valence-corrected chi connectivity index (χ0v) is 15.8. The van der Waals surface area contributed by atoms with Gasteiger partial charge in [-0.25, -0.2) is 4.79 Å². The molecule has 2 amide bonds. The highest BCUT2D eigenvalue weighted by atomic mass is 16.5. The molecule has 5 heteroatoms. The molecule has 0 radical (unpaired) electrons. The van der Waals surface area contributed by atoms with E-state index in [4.69, 9.17) is 4.74 Å². The van der Waals surface area contributed by atoms with Gasteiger partial charge in [-0.1, -0.05) is 49.2 Å². The largest absolute Gasteiger partial charge is 0.454 e. The summed E-state index contributed by atoms with van der Waals surface area (Å²) >= 11 is 0. The Labute approximate surface area is 164 Å². The molecule has 2 aromatic carbocycles. The minimum Gasteiger partial charge on any atom is -0.454 e. The smallest absolute Gasteiger partial charge is 0.338 e. The van der Waals surface area contributed by atoms with Crippen molar-refractivity contribution in [2.45, 2.75) is 38.7 Å². The van der Waals surface area contributed by atoms with Crippen LogP contribution in [0.25, 0.3) is 0 Å². The Kier molecular flexibility index (Phi) is 4.99. The first-order valence-corrected chi connectivity index (χ1v) is 9.80. The number of anilines is 1. The second-order valence-electron chi connectivity index (χ2n) is 7.52. The topological polar surface area (TPSA) is 63.7 Å². The summed E-state index contributed by atoms with van der Waals surface area (Å²) in [6.07, 6.45) is 3.11. The number of fused-ring (bicyclic) bond motifs is 1. The predicted molar refractivity (Wildman–Crippen MR) is 105 cm³/mol. The number of benzene rings is 2. The van der Waals surface area contributed by atoms with Crippen molar-refractivity contribution < 1.29 is 19.1 Å². The first kappa shape index (κ1) is 18.4. The van der Waals surface area contributed by atoms with Crippen LogP contribution in [-0.2, 0) is 14.3 Å². The van der Waals surface area contributed by atoms with E-state index in [-0.39, 0.29) is 23.7 Å². The van der Waals surface area contributed by atoms with Crippen LogP contribution in [0.2, 0.25) is 0 Å². The fourth-order valence-electron chi connectivity index (χ4n) is 4.21. The lowest BCUT2D eigenvalue weighted by molar-refractivity contribution is -0.122. The van der Waals surface area contributed by atoms with Gasteiger partial charge in [-0.15, -0.1) is 0 Å². The first-order chi connectivity index (χ1) is 13.6. The molecule has 1 heterocycles. The molecule has 0 bridgehead atoms. The van der Waals surface area contributed by atoms with Crippen molar-refractivity contribution >= 4 is 23.5 Å². The maximum atomic E-state index is 12.8. The van der Waals surface area contributed by atoms with Gasteiger partial charge in [-0.2, -0.15) is 0 Å². The fraction of sp³-hybridized carbons (Fsp3) is 0.348. The molecule has 28 heavy (non-hydrogen) atoms. The van der Waals surface area contributed by atoms with Crippen molar-refractivity contribution in [1.29, 1.82) is 0 Å². The number of hydrogen-bond acceptors (Lipinski definition) is 4. The molecule has 2 aromatic rings. The van der Waals surface area contributed by atoms with Crippen LogP contribution < -0.4 is 4.90 Å². The van der Waals surface area contributed by atoms with E-state index < -0.39 is 12.1 Å². The van der Waals surface area contributed by atoms with Crippen LogP contribution in [0, 0.1) is 11.8 Å². The molecule has 1 aliphatic carbocycles. The van der Waals surface area contributed by atoms with Crippen LogP contribution in [0.15, 0.2) is 54.6 Å². The number of rotatable bonds is 4. The second kappa shape index (κ2) is 7.58. The fourth-order valence-corrected chi connectivity index (χ4v) is 4.21. The zero-order chi connectivity index (χ0) is 19.7. The Morgan fingerprint density at radius 2 is 1.61 bits per heavy atom.